The molecule has 2 aromatic carbocycles. The molecule has 0 aliphatic heterocycles. The summed E-state index contributed by atoms with van der Waals surface area (Å²) in [5.41, 5.74) is 1.43. The molecule has 0 aliphatic carbocycles. The van der Waals surface area contributed by atoms with E-state index in [9.17, 15) is 0 Å². The van der Waals surface area contributed by atoms with E-state index in [0.717, 1.165) is 6.42 Å². The van der Waals surface area contributed by atoms with Crippen LogP contribution in [0.2, 0.25) is 38.8 Å². The highest BCUT2D eigenvalue weighted by molar-refractivity contribution is 6.84. The Balaban J connectivity index is 2.05. The van der Waals surface area contributed by atoms with Gasteiger partial charge in [0, 0.05) is 0 Å². The van der Waals surface area contributed by atoms with Crippen LogP contribution in [0.3, 0.4) is 0 Å². The summed E-state index contributed by atoms with van der Waals surface area (Å²) in [5.74, 6) is 0. The molecule has 0 radical (unpaired) electrons. The van der Waals surface area contributed by atoms with Crippen LogP contribution < -0.4 is 0 Å². The average Bonchev–Trinajstić information content (AvgIpc) is 2.33. The van der Waals surface area contributed by atoms with E-state index in [2.05, 4.69) is 75.2 Å². The zero-order chi connectivity index (χ0) is 14.8. The summed E-state index contributed by atoms with van der Waals surface area (Å²) in [4.78, 5) is 0. The van der Waals surface area contributed by atoms with Crippen molar-refractivity contribution in [2.24, 2.45) is 0 Å². The van der Waals surface area contributed by atoms with Gasteiger partial charge in [-0.25, -0.2) is 0 Å². The Bertz CT molecular complexity index is 585. The molecular weight excluding hydrogens is 276 g/mol. The fraction of sp³-hybridized carbons (Fsp3) is 0.412. The molecule has 0 N–H and O–H groups in total. The van der Waals surface area contributed by atoms with E-state index >= 15 is 0 Å². The molecule has 0 aromatic heterocycles. The lowest BCUT2D eigenvalue weighted by Crippen LogP contribution is -2.42. The van der Waals surface area contributed by atoms with Gasteiger partial charge < -0.3 is 4.12 Å². The number of rotatable bonds is 5. The van der Waals surface area contributed by atoms with Crippen LogP contribution in [0.15, 0.2) is 42.5 Å². The van der Waals surface area contributed by atoms with Gasteiger partial charge in [0.1, 0.15) is 0 Å². The van der Waals surface area contributed by atoms with E-state index in [1.807, 2.05) is 0 Å². The van der Waals surface area contributed by atoms with Crippen LogP contribution in [0.5, 0.6) is 0 Å². The van der Waals surface area contributed by atoms with Gasteiger partial charge in [-0.2, -0.15) is 0 Å². The van der Waals surface area contributed by atoms with Gasteiger partial charge in [-0.15, -0.1) is 0 Å². The van der Waals surface area contributed by atoms with Crippen molar-refractivity contribution in [3.63, 3.8) is 0 Å². The molecule has 2 aromatic rings. The highest BCUT2D eigenvalue weighted by Crippen LogP contribution is 2.22. The molecule has 0 unspecified atom stereocenters. The maximum atomic E-state index is 6.41. The smallest absolute Gasteiger partial charge is 0.173 e. The zero-order valence-corrected chi connectivity index (χ0v) is 15.4. The van der Waals surface area contributed by atoms with Crippen molar-refractivity contribution >= 4 is 27.4 Å². The van der Waals surface area contributed by atoms with Gasteiger partial charge in [-0.05, 0) is 61.5 Å². The first-order valence-electron chi connectivity index (χ1n) is 7.43. The molecule has 0 fully saturated rings. The fourth-order valence-electron chi connectivity index (χ4n) is 2.72. The van der Waals surface area contributed by atoms with Crippen LogP contribution in [-0.2, 0) is 10.5 Å². The standard InChI is InChI=1S/C17H26OSi2/c1-19(2,3)18-20(4,5)13-12-15-10-11-16-8-6-7-9-17(16)14-15/h6-11,14H,12-13H2,1-5H3. The summed E-state index contributed by atoms with van der Waals surface area (Å²) < 4.78 is 6.41. The Labute approximate surface area is 125 Å². The Morgan fingerprint density at radius 3 is 2.15 bits per heavy atom. The van der Waals surface area contributed by atoms with Gasteiger partial charge in [0.15, 0.2) is 16.6 Å². The van der Waals surface area contributed by atoms with Crippen LogP contribution in [0.25, 0.3) is 10.8 Å². The molecular formula is C17H26OSi2. The van der Waals surface area contributed by atoms with Gasteiger partial charge in [0.05, 0.1) is 0 Å². The molecule has 0 atom stereocenters. The summed E-state index contributed by atoms with van der Waals surface area (Å²) in [7, 11) is -2.94. The third kappa shape index (κ3) is 4.58. The summed E-state index contributed by atoms with van der Waals surface area (Å²) in [6, 6.07) is 16.6. The molecule has 20 heavy (non-hydrogen) atoms. The van der Waals surface area contributed by atoms with Crippen LogP contribution in [-0.4, -0.2) is 16.6 Å². The minimum atomic E-state index is -1.53. The van der Waals surface area contributed by atoms with Gasteiger partial charge in [-0.1, -0.05) is 42.5 Å². The minimum absolute atomic E-state index is 1.13. The SMILES string of the molecule is C[Si](C)(C)O[Si](C)(C)CCc1ccc2ccccc2c1. The van der Waals surface area contributed by atoms with Gasteiger partial charge in [0.2, 0.25) is 0 Å². The highest BCUT2D eigenvalue weighted by Gasteiger charge is 2.29. The normalized spacial score (nSPS) is 12.8. The van der Waals surface area contributed by atoms with Crippen molar-refractivity contribution in [1.29, 1.82) is 0 Å². The van der Waals surface area contributed by atoms with Crippen LogP contribution in [0.1, 0.15) is 5.56 Å². The number of hydrogen-bond acceptors (Lipinski definition) is 1. The first kappa shape index (κ1) is 15.5. The predicted molar refractivity (Wildman–Crippen MR) is 94.4 cm³/mol. The van der Waals surface area contributed by atoms with E-state index in [-0.39, 0.29) is 0 Å². The first-order chi connectivity index (χ1) is 9.25. The zero-order valence-electron chi connectivity index (χ0n) is 13.4. The van der Waals surface area contributed by atoms with Gasteiger partial charge in [-0.3, -0.25) is 0 Å². The maximum absolute atomic E-state index is 6.41. The van der Waals surface area contributed by atoms with Crippen molar-refractivity contribution in [2.75, 3.05) is 0 Å². The quantitative estimate of drug-likeness (QED) is 0.668. The maximum Gasteiger partial charge on any atom is 0.173 e. The second-order valence-electron chi connectivity index (χ2n) is 7.16. The van der Waals surface area contributed by atoms with E-state index in [1.54, 1.807) is 0 Å². The molecule has 1 nitrogen and oxygen atoms in total. The first-order valence-corrected chi connectivity index (χ1v) is 14.0. The third-order valence-electron chi connectivity index (χ3n) is 3.41. The molecule has 0 heterocycles. The van der Waals surface area contributed by atoms with Crippen LogP contribution >= 0.6 is 0 Å². The number of fused-ring (bicyclic) bond motifs is 1. The Hall–Kier alpha value is -0.906. The summed E-state index contributed by atoms with van der Waals surface area (Å²) in [6.07, 6.45) is 1.13. The minimum Gasteiger partial charge on any atom is -0.456 e. The lowest BCUT2D eigenvalue weighted by molar-refractivity contribution is 0.547. The second-order valence-corrected chi connectivity index (χ2v) is 16.2. The Kier molecular flexibility index (Phi) is 4.52. The lowest BCUT2D eigenvalue weighted by atomic mass is 10.1. The molecule has 2 rings (SSSR count). The molecule has 0 aliphatic rings. The van der Waals surface area contributed by atoms with Crippen molar-refractivity contribution in [3.8, 4) is 0 Å². The molecule has 0 saturated carbocycles. The van der Waals surface area contributed by atoms with E-state index in [1.165, 1.54) is 22.4 Å². The molecule has 0 spiro atoms. The topological polar surface area (TPSA) is 9.23 Å². The predicted octanol–water partition coefficient (Wildman–Crippen LogP) is 5.44. The number of hydrogen-bond donors (Lipinski definition) is 0. The summed E-state index contributed by atoms with van der Waals surface area (Å²) >= 11 is 0. The van der Waals surface area contributed by atoms with E-state index in [4.69, 9.17) is 4.12 Å². The molecule has 0 bridgehead atoms. The Morgan fingerprint density at radius 1 is 0.850 bits per heavy atom. The third-order valence-corrected chi connectivity index (χ3v) is 9.53. The van der Waals surface area contributed by atoms with Crippen molar-refractivity contribution in [1.82, 2.24) is 0 Å². The molecule has 0 saturated heterocycles. The van der Waals surface area contributed by atoms with Crippen molar-refractivity contribution in [3.05, 3.63) is 48.0 Å². The van der Waals surface area contributed by atoms with E-state index < -0.39 is 16.6 Å². The Morgan fingerprint density at radius 2 is 1.50 bits per heavy atom. The highest BCUT2D eigenvalue weighted by atomic mass is 28.4. The van der Waals surface area contributed by atoms with Crippen LogP contribution in [0.4, 0.5) is 0 Å². The second kappa shape index (κ2) is 5.84. The molecule has 3 heteroatoms. The molecule has 108 valence electrons. The lowest BCUT2D eigenvalue weighted by Gasteiger charge is -2.31. The van der Waals surface area contributed by atoms with Crippen molar-refractivity contribution in [2.45, 2.75) is 45.2 Å². The summed E-state index contributed by atoms with van der Waals surface area (Å²) in [5, 5.41) is 2.67. The van der Waals surface area contributed by atoms with Gasteiger partial charge >= 0.3 is 0 Å². The van der Waals surface area contributed by atoms with Crippen molar-refractivity contribution < 1.29 is 4.12 Å². The van der Waals surface area contributed by atoms with Gasteiger partial charge in [0.25, 0.3) is 0 Å². The number of benzene rings is 2. The average molecular weight is 303 g/mol. The summed E-state index contributed by atoms with van der Waals surface area (Å²) in [6.45, 7) is 11.6. The number of aryl methyl sites for hydroxylation is 1. The fourth-order valence-corrected chi connectivity index (χ4v) is 10.6. The molecule has 0 amide bonds. The van der Waals surface area contributed by atoms with E-state index in [0.29, 0.717) is 0 Å². The largest absolute Gasteiger partial charge is 0.456 e. The van der Waals surface area contributed by atoms with Crippen LogP contribution in [0, 0.1) is 0 Å². The monoisotopic (exact) mass is 302 g/mol.